The molecule has 0 unspecified atom stereocenters. The van der Waals surface area contributed by atoms with Crippen molar-refractivity contribution in [1.29, 1.82) is 0 Å². The highest BCUT2D eigenvalue weighted by Gasteiger charge is 2.23. The lowest BCUT2D eigenvalue weighted by molar-refractivity contribution is -0.124. The molecule has 25 heavy (non-hydrogen) atoms. The van der Waals surface area contributed by atoms with Crippen LogP contribution in [-0.2, 0) is 19.4 Å². The Bertz CT molecular complexity index is 840. The lowest BCUT2D eigenvalue weighted by Gasteiger charge is -2.12. The van der Waals surface area contributed by atoms with E-state index in [9.17, 15) is 13.2 Å². The van der Waals surface area contributed by atoms with Crippen LogP contribution in [-0.4, -0.2) is 27.5 Å². The zero-order valence-electron chi connectivity index (χ0n) is 13.9. The minimum absolute atomic E-state index is 0.131. The van der Waals surface area contributed by atoms with E-state index in [2.05, 4.69) is 10.9 Å². The van der Waals surface area contributed by atoms with Crippen molar-refractivity contribution in [1.82, 2.24) is 5.43 Å². The average molecular weight is 360 g/mol. The van der Waals surface area contributed by atoms with E-state index < -0.39 is 9.84 Å². The van der Waals surface area contributed by atoms with Crippen LogP contribution < -0.4 is 10.9 Å². The Kier molecular flexibility index (Phi) is 5.06. The highest BCUT2D eigenvalue weighted by Crippen LogP contribution is 2.22. The Morgan fingerprint density at radius 1 is 1.04 bits per heavy atom. The molecule has 7 heteroatoms. The van der Waals surface area contributed by atoms with E-state index in [1.54, 1.807) is 36.4 Å². The van der Waals surface area contributed by atoms with E-state index in [1.165, 1.54) is 12.1 Å². The molecule has 1 aliphatic rings. The topological polar surface area (TPSA) is 84.5 Å². The number of hydrogen-bond donors (Lipinski definition) is 2. The second-order valence-corrected chi connectivity index (χ2v) is 7.97. The summed E-state index contributed by atoms with van der Waals surface area (Å²) in [5, 5.41) is 0. The number of carbonyl (C=O) groups excluding carboxylic acids is 1. The quantitative estimate of drug-likeness (QED) is 0.800. The van der Waals surface area contributed by atoms with E-state index in [0.717, 1.165) is 5.56 Å². The van der Waals surface area contributed by atoms with E-state index in [4.69, 9.17) is 4.74 Å². The number of sulfone groups is 1. The van der Waals surface area contributed by atoms with E-state index in [0.29, 0.717) is 25.3 Å². The molecule has 0 aliphatic carbocycles. The zero-order chi connectivity index (χ0) is 17.9. The summed E-state index contributed by atoms with van der Waals surface area (Å²) in [4.78, 5) is 12.4. The monoisotopic (exact) mass is 360 g/mol. The van der Waals surface area contributed by atoms with E-state index in [-0.39, 0.29) is 21.6 Å². The van der Waals surface area contributed by atoms with Crippen molar-refractivity contribution in [3.8, 4) is 0 Å². The van der Waals surface area contributed by atoms with Crippen LogP contribution in [0.2, 0.25) is 0 Å². The van der Waals surface area contributed by atoms with Crippen LogP contribution in [0.1, 0.15) is 12.0 Å². The number of aryl methyl sites for hydroxylation is 1. The Balaban J connectivity index is 1.67. The van der Waals surface area contributed by atoms with E-state index >= 15 is 0 Å². The van der Waals surface area contributed by atoms with Crippen molar-refractivity contribution in [3.05, 3.63) is 54.1 Å². The highest BCUT2D eigenvalue weighted by molar-refractivity contribution is 7.91. The Morgan fingerprint density at radius 2 is 1.64 bits per heavy atom. The number of anilines is 1. The molecule has 1 saturated heterocycles. The summed E-state index contributed by atoms with van der Waals surface area (Å²) in [7, 11) is -3.55. The van der Waals surface area contributed by atoms with Crippen molar-refractivity contribution >= 4 is 21.4 Å². The third-order valence-corrected chi connectivity index (χ3v) is 5.91. The minimum Gasteiger partial charge on any atom is -0.381 e. The molecule has 132 valence electrons. The second-order valence-electron chi connectivity index (χ2n) is 6.02. The Hall–Kier alpha value is -2.38. The first-order chi connectivity index (χ1) is 12.0. The average Bonchev–Trinajstić information content (AvgIpc) is 3.15. The fourth-order valence-electron chi connectivity index (χ4n) is 2.55. The lowest BCUT2D eigenvalue weighted by Crippen LogP contribution is -2.35. The molecule has 6 nitrogen and oxygen atoms in total. The summed E-state index contributed by atoms with van der Waals surface area (Å²) < 4.78 is 30.4. The zero-order valence-corrected chi connectivity index (χ0v) is 14.7. The molecule has 0 radical (unpaired) electrons. The first-order valence-corrected chi connectivity index (χ1v) is 9.50. The summed E-state index contributed by atoms with van der Waals surface area (Å²) in [6.45, 7) is 2.94. The van der Waals surface area contributed by atoms with Crippen molar-refractivity contribution < 1.29 is 17.9 Å². The first-order valence-electron chi connectivity index (χ1n) is 8.02. The second kappa shape index (κ2) is 7.25. The highest BCUT2D eigenvalue weighted by atomic mass is 32.2. The molecule has 0 saturated carbocycles. The number of amides is 1. The number of ether oxygens (including phenoxy) is 1. The van der Waals surface area contributed by atoms with Crippen molar-refractivity contribution in [2.45, 2.75) is 23.1 Å². The molecule has 1 amide bonds. The molecule has 2 aromatic carbocycles. The lowest BCUT2D eigenvalue weighted by atomic mass is 10.1. The molecule has 1 heterocycles. The van der Waals surface area contributed by atoms with Gasteiger partial charge < -0.3 is 4.74 Å². The third kappa shape index (κ3) is 4.00. The maximum Gasteiger partial charge on any atom is 0.243 e. The van der Waals surface area contributed by atoms with Gasteiger partial charge in [0.15, 0.2) is 0 Å². The van der Waals surface area contributed by atoms with Crippen LogP contribution in [0.3, 0.4) is 0 Å². The van der Waals surface area contributed by atoms with Gasteiger partial charge in [0, 0.05) is 6.61 Å². The van der Waals surface area contributed by atoms with Gasteiger partial charge in [0.2, 0.25) is 15.7 Å². The molecule has 3 rings (SSSR count). The smallest absolute Gasteiger partial charge is 0.243 e. The summed E-state index contributed by atoms with van der Waals surface area (Å²) in [5.74, 6) is -0.275. The fraction of sp³-hybridized carbons (Fsp3) is 0.278. The molecule has 1 fully saturated rings. The number of rotatable bonds is 5. The molecule has 0 bridgehead atoms. The number of carbonyl (C=O) groups is 1. The molecule has 0 aromatic heterocycles. The minimum atomic E-state index is -3.55. The SMILES string of the molecule is Cc1ccc(S(=O)(=O)c2ccc(NNC(=O)[C@@H]3CCOC3)cc2)cc1. The van der Waals surface area contributed by atoms with Gasteiger partial charge in [-0.05, 0) is 49.7 Å². The third-order valence-electron chi connectivity index (χ3n) is 4.13. The van der Waals surface area contributed by atoms with Crippen LogP contribution in [0.4, 0.5) is 5.69 Å². The maximum absolute atomic E-state index is 12.6. The predicted molar refractivity (Wildman–Crippen MR) is 93.8 cm³/mol. The summed E-state index contributed by atoms with van der Waals surface area (Å²) in [6, 6.07) is 13.0. The van der Waals surface area contributed by atoms with Gasteiger partial charge in [-0.3, -0.25) is 15.6 Å². The summed E-state index contributed by atoms with van der Waals surface area (Å²) >= 11 is 0. The van der Waals surface area contributed by atoms with Crippen LogP contribution >= 0.6 is 0 Å². The predicted octanol–water partition coefficient (Wildman–Crippen LogP) is 2.31. The number of nitrogens with one attached hydrogen (secondary N) is 2. The van der Waals surface area contributed by atoms with Gasteiger partial charge in [0.25, 0.3) is 0 Å². The van der Waals surface area contributed by atoms with Crippen LogP contribution in [0, 0.1) is 12.8 Å². The van der Waals surface area contributed by atoms with Crippen LogP contribution in [0.5, 0.6) is 0 Å². The van der Waals surface area contributed by atoms with Gasteiger partial charge >= 0.3 is 0 Å². The molecule has 0 spiro atoms. The van der Waals surface area contributed by atoms with Crippen molar-refractivity contribution in [3.63, 3.8) is 0 Å². The molecular formula is C18H20N2O4S. The van der Waals surface area contributed by atoms with Crippen molar-refractivity contribution in [2.75, 3.05) is 18.6 Å². The summed E-state index contributed by atoms with van der Waals surface area (Å²) in [6.07, 6.45) is 0.710. The Morgan fingerprint density at radius 3 is 2.20 bits per heavy atom. The van der Waals surface area contributed by atoms with Crippen LogP contribution in [0.15, 0.2) is 58.3 Å². The van der Waals surface area contributed by atoms with Crippen LogP contribution in [0.25, 0.3) is 0 Å². The van der Waals surface area contributed by atoms with E-state index in [1.807, 2.05) is 6.92 Å². The standard InChI is InChI=1S/C18H20N2O4S/c1-13-2-6-16(7-3-13)25(22,23)17-8-4-15(5-9-17)19-20-18(21)14-10-11-24-12-14/h2-9,14,19H,10-12H2,1H3,(H,20,21)/t14-/m1/s1. The molecule has 1 aliphatic heterocycles. The molecule has 2 N–H and O–H groups in total. The first kappa shape index (κ1) is 17.4. The fourth-order valence-corrected chi connectivity index (χ4v) is 3.81. The largest absolute Gasteiger partial charge is 0.381 e. The normalized spacial score (nSPS) is 17.2. The summed E-state index contributed by atoms with van der Waals surface area (Å²) in [5.41, 5.74) is 7.02. The van der Waals surface area contributed by atoms with Gasteiger partial charge in [-0.25, -0.2) is 8.42 Å². The van der Waals surface area contributed by atoms with Crippen molar-refractivity contribution in [2.24, 2.45) is 5.92 Å². The van der Waals surface area contributed by atoms with Gasteiger partial charge in [-0.15, -0.1) is 0 Å². The van der Waals surface area contributed by atoms with Gasteiger partial charge in [0.05, 0.1) is 28.0 Å². The number of hydrazine groups is 1. The Labute approximate surface area is 147 Å². The molecule has 2 aromatic rings. The van der Waals surface area contributed by atoms with Gasteiger partial charge in [-0.2, -0.15) is 0 Å². The molecule has 1 atom stereocenters. The maximum atomic E-state index is 12.6. The number of benzene rings is 2. The molecular weight excluding hydrogens is 340 g/mol. The van der Waals surface area contributed by atoms with Gasteiger partial charge in [0.1, 0.15) is 0 Å². The number of hydrogen-bond acceptors (Lipinski definition) is 5. The van der Waals surface area contributed by atoms with Gasteiger partial charge in [-0.1, -0.05) is 17.7 Å².